The monoisotopic (exact) mass is 430 g/mol. The Bertz CT molecular complexity index is 1260. The molecule has 0 unspecified atom stereocenters. The molecule has 0 saturated heterocycles. The van der Waals surface area contributed by atoms with E-state index in [9.17, 15) is 4.79 Å². The summed E-state index contributed by atoms with van der Waals surface area (Å²) in [5.41, 5.74) is 5.37. The number of anilines is 1. The van der Waals surface area contributed by atoms with Crippen molar-refractivity contribution in [3.63, 3.8) is 0 Å². The number of carbonyl (C=O) groups is 1. The second kappa shape index (κ2) is 9.09. The van der Waals surface area contributed by atoms with Crippen LogP contribution in [0.3, 0.4) is 0 Å². The molecule has 32 heavy (non-hydrogen) atoms. The second-order valence-corrected chi connectivity index (χ2v) is 7.90. The third-order valence-electron chi connectivity index (χ3n) is 5.38. The lowest BCUT2D eigenvalue weighted by atomic mass is 10.1. The molecular formula is C25H26N4O3. The van der Waals surface area contributed by atoms with E-state index in [1.807, 2.05) is 44.3 Å². The van der Waals surface area contributed by atoms with Crippen LogP contribution < -0.4 is 10.1 Å². The van der Waals surface area contributed by atoms with Gasteiger partial charge in [-0.2, -0.15) is 5.10 Å². The highest BCUT2D eigenvalue weighted by atomic mass is 16.5. The summed E-state index contributed by atoms with van der Waals surface area (Å²) >= 11 is 0. The molecule has 164 valence electrons. The Labute approximate surface area is 187 Å². The fourth-order valence-electron chi connectivity index (χ4n) is 3.50. The van der Waals surface area contributed by atoms with Crippen LogP contribution in [0.15, 0.2) is 59.3 Å². The fourth-order valence-corrected chi connectivity index (χ4v) is 3.50. The Hall–Kier alpha value is -3.87. The summed E-state index contributed by atoms with van der Waals surface area (Å²) in [6, 6.07) is 15.9. The molecular weight excluding hydrogens is 404 g/mol. The van der Waals surface area contributed by atoms with E-state index >= 15 is 0 Å². The van der Waals surface area contributed by atoms with E-state index < -0.39 is 0 Å². The van der Waals surface area contributed by atoms with Gasteiger partial charge in [-0.05, 0) is 50.5 Å². The highest BCUT2D eigenvalue weighted by Gasteiger charge is 2.21. The molecule has 4 aromatic rings. The lowest BCUT2D eigenvalue weighted by Gasteiger charge is -2.10. The SMILES string of the molecule is Cc1ccc(OCc2c(C(=O)Nc3ccn(Cc4ccccc4C)n3)noc2C)c(C)c1. The number of aryl methyl sites for hydroxylation is 4. The molecule has 1 N–H and O–H groups in total. The third kappa shape index (κ3) is 4.72. The lowest BCUT2D eigenvalue weighted by molar-refractivity contribution is 0.101. The van der Waals surface area contributed by atoms with Gasteiger partial charge in [0, 0.05) is 12.3 Å². The number of ether oxygens (including phenoxy) is 1. The first-order valence-electron chi connectivity index (χ1n) is 10.4. The summed E-state index contributed by atoms with van der Waals surface area (Å²) in [5.74, 6) is 1.37. The first-order valence-corrected chi connectivity index (χ1v) is 10.4. The van der Waals surface area contributed by atoms with Crippen molar-refractivity contribution in [1.82, 2.24) is 14.9 Å². The standard InChI is InChI=1S/C25H26N4O3/c1-16-9-10-22(18(3)13-16)31-15-21-19(4)32-28-24(21)25(30)26-23-11-12-29(27-23)14-20-8-6-5-7-17(20)2/h5-13H,14-15H2,1-4H3,(H,26,27,30). The van der Waals surface area contributed by atoms with Crippen LogP contribution in [0.25, 0.3) is 0 Å². The maximum atomic E-state index is 12.9. The van der Waals surface area contributed by atoms with Crippen LogP contribution in [0.4, 0.5) is 5.82 Å². The van der Waals surface area contributed by atoms with Crippen LogP contribution in [0.1, 0.15) is 44.1 Å². The van der Waals surface area contributed by atoms with Crippen LogP contribution in [-0.2, 0) is 13.2 Å². The molecule has 0 radical (unpaired) electrons. The molecule has 4 rings (SSSR count). The van der Waals surface area contributed by atoms with Crippen molar-refractivity contribution < 1.29 is 14.1 Å². The average molecular weight is 431 g/mol. The molecule has 0 fully saturated rings. The van der Waals surface area contributed by atoms with Crippen molar-refractivity contribution in [2.75, 3.05) is 5.32 Å². The van der Waals surface area contributed by atoms with Crippen LogP contribution in [0, 0.1) is 27.7 Å². The maximum Gasteiger partial charge on any atom is 0.279 e. The van der Waals surface area contributed by atoms with E-state index in [1.54, 1.807) is 17.7 Å². The van der Waals surface area contributed by atoms with E-state index in [4.69, 9.17) is 9.26 Å². The van der Waals surface area contributed by atoms with Gasteiger partial charge in [0.1, 0.15) is 18.1 Å². The van der Waals surface area contributed by atoms with Crippen molar-refractivity contribution in [3.05, 3.63) is 94.0 Å². The van der Waals surface area contributed by atoms with E-state index in [-0.39, 0.29) is 18.2 Å². The summed E-state index contributed by atoms with van der Waals surface area (Å²) in [5, 5.41) is 11.2. The van der Waals surface area contributed by atoms with Crippen LogP contribution in [-0.4, -0.2) is 20.8 Å². The fraction of sp³-hybridized carbons (Fsp3) is 0.240. The highest BCUT2D eigenvalue weighted by Crippen LogP contribution is 2.22. The summed E-state index contributed by atoms with van der Waals surface area (Å²) in [6.45, 7) is 8.66. The predicted octanol–water partition coefficient (Wildman–Crippen LogP) is 4.98. The third-order valence-corrected chi connectivity index (χ3v) is 5.38. The summed E-state index contributed by atoms with van der Waals surface area (Å²) in [6.07, 6.45) is 1.83. The van der Waals surface area contributed by atoms with Crippen molar-refractivity contribution in [3.8, 4) is 5.75 Å². The normalized spacial score (nSPS) is 10.9. The lowest BCUT2D eigenvalue weighted by Crippen LogP contribution is -2.16. The Kier molecular flexibility index (Phi) is 6.07. The van der Waals surface area contributed by atoms with Crippen molar-refractivity contribution in [1.29, 1.82) is 0 Å². The van der Waals surface area contributed by atoms with Gasteiger partial charge in [0.25, 0.3) is 5.91 Å². The quantitative estimate of drug-likeness (QED) is 0.447. The second-order valence-electron chi connectivity index (χ2n) is 7.90. The topological polar surface area (TPSA) is 82.2 Å². The van der Waals surface area contributed by atoms with Crippen molar-refractivity contribution in [2.45, 2.75) is 40.8 Å². The van der Waals surface area contributed by atoms with Crippen molar-refractivity contribution in [2.24, 2.45) is 0 Å². The van der Waals surface area contributed by atoms with Gasteiger partial charge in [0.15, 0.2) is 11.5 Å². The van der Waals surface area contributed by atoms with E-state index in [2.05, 4.69) is 40.7 Å². The molecule has 0 aliphatic carbocycles. The molecule has 2 heterocycles. The summed E-state index contributed by atoms with van der Waals surface area (Å²) < 4.78 is 13.0. The molecule has 0 atom stereocenters. The number of carbonyl (C=O) groups excluding carboxylic acids is 1. The van der Waals surface area contributed by atoms with Gasteiger partial charge in [-0.1, -0.05) is 47.1 Å². The number of nitrogens with zero attached hydrogens (tertiary/aromatic N) is 3. The molecule has 2 aromatic heterocycles. The number of amides is 1. The Morgan fingerprint density at radius 3 is 2.66 bits per heavy atom. The zero-order chi connectivity index (χ0) is 22.7. The molecule has 2 aromatic carbocycles. The van der Waals surface area contributed by atoms with Gasteiger partial charge in [0.2, 0.25) is 0 Å². The maximum absolute atomic E-state index is 12.9. The number of hydrogen-bond donors (Lipinski definition) is 1. The van der Waals surface area contributed by atoms with Gasteiger partial charge in [-0.15, -0.1) is 0 Å². The minimum Gasteiger partial charge on any atom is -0.488 e. The van der Waals surface area contributed by atoms with Crippen LogP contribution in [0.2, 0.25) is 0 Å². The first-order chi connectivity index (χ1) is 15.4. The molecule has 0 spiro atoms. The van der Waals surface area contributed by atoms with E-state index in [0.29, 0.717) is 23.7 Å². The van der Waals surface area contributed by atoms with Gasteiger partial charge < -0.3 is 14.6 Å². The molecule has 0 aliphatic heterocycles. The first kappa shape index (κ1) is 21.4. The number of rotatable bonds is 7. The number of aromatic nitrogens is 3. The molecule has 0 saturated carbocycles. The Morgan fingerprint density at radius 1 is 1.06 bits per heavy atom. The van der Waals surface area contributed by atoms with E-state index in [1.165, 1.54) is 11.1 Å². The minimum absolute atomic E-state index is 0.184. The zero-order valence-electron chi connectivity index (χ0n) is 18.7. The average Bonchev–Trinajstić information content (AvgIpc) is 3.35. The summed E-state index contributed by atoms with van der Waals surface area (Å²) in [4.78, 5) is 12.9. The van der Waals surface area contributed by atoms with Crippen LogP contribution >= 0.6 is 0 Å². The van der Waals surface area contributed by atoms with Gasteiger partial charge in [-0.25, -0.2) is 0 Å². The Balaban J connectivity index is 1.44. The molecule has 0 aliphatic rings. The largest absolute Gasteiger partial charge is 0.488 e. The molecule has 1 amide bonds. The molecule has 7 nitrogen and oxygen atoms in total. The van der Waals surface area contributed by atoms with Gasteiger partial charge in [-0.3, -0.25) is 9.48 Å². The Morgan fingerprint density at radius 2 is 1.88 bits per heavy atom. The molecule has 0 bridgehead atoms. The number of nitrogens with one attached hydrogen (secondary N) is 1. The predicted molar refractivity (Wildman–Crippen MR) is 122 cm³/mol. The number of hydrogen-bond acceptors (Lipinski definition) is 5. The zero-order valence-corrected chi connectivity index (χ0v) is 18.7. The van der Waals surface area contributed by atoms with Crippen LogP contribution in [0.5, 0.6) is 5.75 Å². The summed E-state index contributed by atoms with van der Waals surface area (Å²) in [7, 11) is 0. The number of benzene rings is 2. The highest BCUT2D eigenvalue weighted by molar-refractivity contribution is 6.03. The minimum atomic E-state index is -0.387. The van der Waals surface area contributed by atoms with E-state index in [0.717, 1.165) is 16.9 Å². The molecule has 7 heteroatoms. The van der Waals surface area contributed by atoms with Gasteiger partial charge >= 0.3 is 0 Å². The smallest absolute Gasteiger partial charge is 0.279 e. The van der Waals surface area contributed by atoms with Gasteiger partial charge in [0.05, 0.1) is 12.1 Å². The van der Waals surface area contributed by atoms with Crippen molar-refractivity contribution >= 4 is 11.7 Å².